The third-order valence-electron chi connectivity index (χ3n) is 10.6. The van der Waals surface area contributed by atoms with E-state index in [0.29, 0.717) is 13.1 Å². The first-order chi connectivity index (χ1) is 27.0. The molecule has 14 heteroatoms. The van der Waals surface area contributed by atoms with Crippen molar-refractivity contribution in [3.05, 3.63) is 72.6 Å². The minimum Gasteiger partial charge on any atom is -0.450 e. The number of H-pyrrole nitrogens is 2. The second kappa shape index (κ2) is 17.9. The zero-order valence-corrected chi connectivity index (χ0v) is 33.1. The smallest absolute Gasteiger partial charge is 0.407 e. The molecule has 4 atom stereocenters. The summed E-state index contributed by atoms with van der Waals surface area (Å²) in [5.74, 6) is 0.977. The molecule has 4 amide bonds. The summed E-state index contributed by atoms with van der Waals surface area (Å²) in [6.07, 6.45) is 5.69. The summed E-state index contributed by atoms with van der Waals surface area (Å²) in [4.78, 5) is 71.5. The van der Waals surface area contributed by atoms with E-state index < -0.39 is 24.3 Å². The molecule has 2 unspecified atom stereocenters. The summed E-state index contributed by atoms with van der Waals surface area (Å²) in [7, 11) is 0. The lowest BCUT2D eigenvalue weighted by molar-refractivity contribution is -0.136. The summed E-state index contributed by atoms with van der Waals surface area (Å²) in [6, 6.07) is 14.7. The Labute approximate surface area is 328 Å². The van der Waals surface area contributed by atoms with Crippen LogP contribution in [0, 0.1) is 11.8 Å². The second-order valence-corrected chi connectivity index (χ2v) is 15.1. The van der Waals surface area contributed by atoms with Crippen molar-refractivity contribution in [2.75, 3.05) is 26.3 Å². The number of aromatic amines is 2. The summed E-state index contributed by atoms with van der Waals surface area (Å²) in [5, 5.41) is 5.49. The molecule has 0 aliphatic carbocycles. The molecule has 2 aromatic carbocycles. The van der Waals surface area contributed by atoms with E-state index in [1.165, 1.54) is 0 Å². The van der Waals surface area contributed by atoms with Crippen LogP contribution in [0.3, 0.4) is 0 Å². The summed E-state index contributed by atoms with van der Waals surface area (Å²) in [5.41, 5.74) is 5.79. The zero-order chi connectivity index (χ0) is 39.9. The molecular formula is C42H54N8O6. The lowest BCUT2D eigenvalue weighted by atomic mass is 10.0. The first-order valence-electron chi connectivity index (χ1n) is 19.8. The summed E-state index contributed by atoms with van der Waals surface area (Å²) in [6.45, 7) is 12.8. The summed E-state index contributed by atoms with van der Waals surface area (Å²) < 4.78 is 10.1. The number of imidazole rings is 2. The van der Waals surface area contributed by atoms with Crippen LogP contribution < -0.4 is 10.6 Å². The predicted molar refractivity (Wildman–Crippen MR) is 212 cm³/mol. The van der Waals surface area contributed by atoms with Crippen LogP contribution in [-0.2, 0) is 19.1 Å². The van der Waals surface area contributed by atoms with Crippen molar-refractivity contribution in [2.24, 2.45) is 11.8 Å². The van der Waals surface area contributed by atoms with Crippen LogP contribution >= 0.6 is 0 Å². The van der Waals surface area contributed by atoms with Crippen molar-refractivity contribution in [1.29, 1.82) is 0 Å². The number of hydrogen-bond donors (Lipinski definition) is 4. The highest BCUT2D eigenvalue weighted by Gasteiger charge is 2.39. The highest BCUT2D eigenvalue weighted by molar-refractivity contribution is 5.87. The van der Waals surface area contributed by atoms with Crippen molar-refractivity contribution in [3.8, 4) is 33.6 Å². The number of hydrogen-bond acceptors (Lipinski definition) is 8. The number of benzene rings is 2. The molecule has 0 spiro atoms. The SMILES string of the molecule is CCOC(=O)NC(C(=O)N1CCCC1c1ncc(-c2ccc(-c3ccc(-c4cnc([C@@H]5CCCN5C(=O)[C@@H](NC(=O)OCC)C(C)C)[nH]4)cc3)cc2)[nH]1)C(C)C. The lowest BCUT2D eigenvalue weighted by Crippen LogP contribution is -2.51. The first kappa shape index (κ1) is 40.0. The van der Waals surface area contributed by atoms with Crippen LogP contribution in [-0.4, -0.2) is 92.1 Å². The van der Waals surface area contributed by atoms with Gasteiger partial charge in [0, 0.05) is 13.1 Å². The van der Waals surface area contributed by atoms with E-state index in [0.717, 1.165) is 71.0 Å². The van der Waals surface area contributed by atoms with Crippen LogP contribution in [0.1, 0.15) is 91.0 Å². The van der Waals surface area contributed by atoms with Gasteiger partial charge in [-0.2, -0.15) is 0 Å². The van der Waals surface area contributed by atoms with E-state index in [4.69, 9.17) is 9.47 Å². The van der Waals surface area contributed by atoms with Gasteiger partial charge in [0.1, 0.15) is 23.7 Å². The monoisotopic (exact) mass is 766 g/mol. The van der Waals surface area contributed by atoms with Crippen LogP contribution in [0.15, 0.2) is 60.9 Å². The molecule has 2 aliphatic rings. The van der Waals surface area contributed by atoms with Crippen molar-refractivity contribution < 1.29 is 28.7 Å². The van der Waals surface area contributed by atoms with Crippen molar-refractivity contribution in [2.45, 2.75) is 91.4 Å². The van der Waals surface area contributed by atoms with Crippen LogP contribution in [0.5, 0.6) is 0 Å². The Morgan fingerprint density at radius 3 is 1.34 bits per heavy atom. The van der Waals surface area contributed by atoms with Gasteiger partial charge in [-0.1, -0.05) is 76.2 Å². The largest absolute Gasteiger partial charge is 0.450 e. The lowest BCUT2D eigenvalue weighted by Gasteiger charge is -2.30. The number of likely N-dealkylation sites (tertiary alicyclic amines) is 2. The Hall–Kier alpha value is -5.66. The molecule has 0 bridgehead atoms. The van der Waals surface area contributed by atoms with Crippen LogP contribution in [0.4, 0.5) is 9.59 Å². The maximum absolute atomic E-state index is 13.6. The number of rotatable bonds is 13. The predicted octanol–water partition coefficient (Wildman–Crippen LogP) is 7.00. The standard InChI is InChI=1S/C42H54N8O6/c1-7-55-41(53)47-35(25(3)4)39(51)49-21-9-11-33(49)37-43-23-31(45-37)29-17-13-27(14-18-29)28-15-19-30(20-16-28)32-24-44-38(46-32)34-12-10-22-50(34)40(52)36(26(5)6)48-42(54)56-8-2/h13-20,23-26,33-36H,7-12,21-22H2,1-6H3,(H,43,45)(H,44,46)(H,47,53)(H,48,54)/t33-,34?,35-,36?/m0/s1. The zero-order valence-electron chi connectivity index (χ0n) is 33.1. The number of nitrogens with one attached hydrogen (secondary N) is 4. The van der Waals surface area contributed by atoms with Crippen LogP contribution in [0.2, 0.25) is 0 Å². The molecule has 0 radical (unpaired) electrons. The van der Waals surface area contributed by atoms with Gasteiger partial charge in [0.25, 0.3) is 0 Å². The number of ether oxygens (including phenoxy) is 2. The number of aromatic nitrogens is 4. The molecule has 2 aromatic heterocycles. The fourth-order valence-electron chi connectivity index (χ4n) is 7.60. The minimum atomic E-state index is -0.686. The van der Waals surface area contributed by atoms with Gasteiger partial charge in [-0.25, -0.2) is 19.6 Å². The van der Waals surface area contributed by atoms with Crippen molar-refractivity contribution in [3.63, 3.8) is 0 Å². The minimum absolute atomic E-state index is 0.104. The number of carbonyl (C=O) groups excluding carboxylic acids is 4. The average molecular weight is 767 g/mol. The molecule has 2 aliphatic heterocycles. The molecule has 4 heterocycles. The Balaban J connectivity index is 1.10. The van der Waals surface area contributed by atoms with E-state index in [-0.39, 0.29) is 48.9 Å². The van der Waals surface area contributed by atoms with Crippen molar-refractivity contribution in [1.82, 2.24) is 40.4 Å². The molecule has 2 fully saturated rings. The van der Waals surface area contributed by atoms with Gasteiger partial charge in [0.05, 0.1) is 49.1 Å². The quantitative estimate of drug-likeness (QED) is 0.113. The third-order valence-corrected chi connectivity index (χ3v) is 10.6. The second-order valence-electron chi connectivity index (χ2n) is 15.1. The molecule has 4 aromatic rings. The van der Waals surface area contributed by atoms with Gasteiger partial charge in [-0.05, 0) is 73.6 Å². The number of alkyl carbamates (subject to hydrolysis) is 2. The van der Waals surface area contributed by atoms with Gasteiger partial charge in [0.15, 0.2) is 0 Å². The van der Waals surface area contributed by atoms with E-state index in [1.54, 1.807) is 26.2 Å². The number of amides is 4. The Bertz CT molecular complexity index is 1830. The Morgan fingerprint density at radius 1 is 0.643 bits per heavy atom. The Kier molecular flexibility index (Phi) is 12.8. The molecule has 0 saturated carbocycles. The normalized spacial score (nSPS) is 17.9. The third kappa shape index (κ3) is 8.90. The number of nitrogens with zero attached hydrogens (tertiary/aromatic N) is 4. The van der Waals surface area contributed by atoms with Gasteiger partial charge in [-0.15, -0.1) is 0 Å². The molecule has 2 saturated heterocycles. The average Bonchev–Trinajstić information content (AvgIpc) is 4.02. The molecule has 56 heavy (non-hydrogen) atoms. The molecule has 14 nitrogen and oxygen atoms in total. The molecular weight excluding hydrogens is 713 g/mol. The van der Waals surface area contributed by atoms with Gasteiger partial charge >= 0.3 is 12.2 Å². The maximum Gasteiger partial charge on any atom is 0.407 e. The number of carbonyl (C=O) groups is 4. The van der Waals surface area contributed by atoms with E-state index in [1.807, 2.05) is 37.5 Å². The first-order valence-corrected chi connectivity index (χ1v) is 19.8. The fraction of sp³-hybridized carbons (Fsp3) is 0.476. The Morgan fingerprint density at radius 2 is 1.00 bits per heavy atom. The van der Waals surface area contributed by atoms with Crippen LogP contribution in [0.25, 0.3) is 33.6 Å². The fourth-order valence-corrected chi connectivity index (χ4v) is 7.60. The van der Waals surface area contributed by atoms with E-state index >= 15 is 0 Å². The molecule has 298 valence electrons. The summed E-state index contributed by atoms with van der Waals surface area (Å²) >= 11 is 0. The van der Waals surface area contributed by atoms with E-state index in [9.17, 15) is 19.2 Å². The van der Waals surface area contributed by atoms with Crippen molar-refractivity contribution >= 4 is 24.0 Å². The highest BCUT2D eigenvalue weighted by atomic mass is 16.6. The van der Waals surface area contributed by atoms with Gasteiger partial charge in [0.2, 0.25) is 11.8 Å². The molecule has 4 N–H and O–H groups in total. The van der Waals surface area contributed by atoms with Gasteiger partial charge in [-0.3, -0.25) is 9.59 Å². The van der Waals surface area contributed by atoms with Gasteiger partial charge < -0.3 is 39.9 Å². The van der Waals surface area contributed by atoms with E-state index in [2.05, 4.69) is 79.1 Å². The maximum atomic E-state index is 13.6. The highest BCUT2D eigenvalue weighted by Crippen LogP contribution is 2.35. The molecule has 6 rings (SSSR count). The topological polar surface area (TPSA) is 175 Å².